The van der Waals surface area contributed by atoms with Gasteiger partial charge in [-0.25, -0.2) is 4.79 Å². The minimum absolute atomic E-state index is 0.182. The smallest absolute Gasteiger partial charge is 0.332 e. The zero-order chi connectivity index (χ0) is 12.9. The van der Waals surface area contributed by atoms with Gasteiger partial charge < -0.3 is 4.74 Å². The largest absolute Gasteiger partial charge is 0.467 e. The number of hydrogen-bond acceptors (Lipinski definition) is 5. The molecule has 1 rings (SSSR count). The lowest BCUT2D eigenvalue weighted by atomic mass is 9.96. The lowest BCUT2D eigenvalue weighted by Gasteiger charge is -2.30. The van der Waals surface area contributed by atoms with Crippen molar-refractivity contribution < 1.29 is 9.53 Å². The molecule has 2 unspecified atom stereocenters. The van der Waals surface area contributed by atoms with E-state index in [1.165, 1.54) is 7.11 Å². The summed E-state index contributed by atoms with van der Waals surface area (Å²) in [6.07, 6.45) is 5.62. The summed E-state index contributed by atoms with van der Waals surface area (Å²) < 4.78 is 4.85. The summed E-state index contributed by atoms with van der Waals surface area (Å²) in [6, 6.07) is 0.182. The van der Waals surface area contributed by atoms with Crippen molar-refractivity contribution in [3.63, 3.8) is 0 Å². The van der Waals surface area contributed by atoms with E-state index in [9.17, 15) is 4.79 Å². The Morgan fingerprint density at radius 1 is 1.59 bits per heavy atom. The molecule has 2 atom stereocenters. The zero-order valence-electron chi connectivity index (χ0n) is 10.7. The van der Waals surface area contributed by atoms with Crippen LogP contribution in [0.25, 0.3) is 0 Å². The average molecular weight is 237 g/mol. The number of aromatic nitrogens is 2. The Labute approximate surface area is 102 Å². The first-order chi connectivity index (χ1) is 8.04. The SMILES string of the molecule is CCC(C)NC(C)(C(=O)OC)c1cnccn1. The first-order valence-corrected chi connectivity index (χ1v) is 5.67. The van der Waals surface area contributed by atoms with Crippen LogP contribution < -0.4 is 5.32 Å². The van der Waals surface area contributed by atoms with E-state index in [1.54, 1.807) is 25.5 Å². The molecule has 1 aromatic rings. The molecule has 1 heterocycles. The standard InChI is InChI=1S/C12H19N3O2/c1-5-9(2)15-12(3,11(16)17-4)10-8-13-6-7-14-10/h6-9,15H,5H2,1-4H3. The van der Waals surface area contributed by atoms with Crippen LogP contribution in [-0.2, 0) is 15.1 Å². The van der Waals surface area contributed by atoms with Gasteiger partial charge in [0.1, 0.15) is 0 Å². The van der Waals surface area contributed by atoms with Gasteiger partial charge in [0, 0.05) is 18.4 Å². The van der Waals surface area contributed by atoms with Gasteiger partial charge in [-0.2, -0.15) is 0 Å². The van der Waals surface area contributed by atoms with Crippen molar-refractivity contribution in [3.8, 4) is 0 Å². The maximum absolute atomic E-state index is 11.9. The van der Waals surface area contributed by atoms with Crippen molar-refractivity contribution >= 4 is 5.97 Å². The lowest BCUT2D eigenvalue weighted by Crippen LogP contribution is -2.51. The molecule has 0 saturated heterocycles. The summed E-state index contributed by atoms with van der Waals surface area (Å²) in [5.74, 6) is -0.363. The molecule has 94 valence electrons. The van der Waals surface area contributed by atoms with Crippen LogP contribution in [-0.4, -0.2) is 29.1 Å². The molecule has 0 aliphatic rings. The molecule has 0 fully saturated rings. The minimum atomic E-state index is -0.960. The number of ether oxygens (including phenoxy) is 1. The Morgan fingerprint density at radius 3 is 2.76 bits per heavy atom. The fourth-order valence-corrected chi connectivity index (χ4v) is 1.59. The van der Waals surface area contributed by atoms with Crippen molar-refractivity contribution in [1.82, 2.24) is 15.3 Å². The second-order valence-corrected chi connectivity index (χ2v) is 4.16. The molecule has 17 heavy (non-hydrogen) atoms. The highest BCUT2D eigenvalue weighted by Gasteiger charge is 2.38. The van der Waals surface area contributed by atoms with E-state index in [2.05, 4.69) is 15.3 Å². The third-order valence-corrected chi connectivity index (χ3v) is 2.82. The van der Waals surface area contributed by atoms with Gasteiger partial charge in [-0.3, -0.25) is 15.3 Å². The van der Waals surface area contributed by atoms with E-state index in [0.717, 1.165) is 6.42 Å². The van der Waals surface area contributed by atoms with Crippen molar-refractivity contribution in [3.05, 3.63) is 24.3 Å². The van der Waals surface area contributed by atoms with Crippen molar-refractivity contribution in [1.29, 1.82) is 0 Å². The summed E-state index contributed by atoms with van der Waals surface area (Å²) >= 11 is 0. The van der Waals surface area contributed by atoms with Crippen LogP contribution in [0.3, 0.4) is 0 Å². The van der Waals surface area contributed by atoms with Crippen molar-refractivity contribution in [2.75, 3.05) is 7.11 Å². The number of nitrogens with one attached hydrogen (secondary N) is 1. The highest BCUT2D eigenvalue weighted by molar-refractivity contribution is 5.81. The number of carbonyl (C=O) groups excluding carboxylic acids is 1. The van der Waals surface area contributed by atoms with Gasteiger partial charge in [0.25, 0.3) is 0 Å². The molecule has 0 spiro atoms. The summed E-state index contributed by atoms with van der Waals surface area (Å²) in [7, 11) is 1.37. The van der Waals surface area contributed by atoms with Gasteiger partial charge in [0.2, 0.25) is 0 Å². The molecule has 0 radical (unpaired) electrons. The molecule has 0 aliphatic carbocycles. The molecule has 1 N–H and O–H groups in total. The molecule has 0 bridgehead atoms. The Balaban J connectivity index is 3.06. The van der Waals surface area contributed by atoms with E-state index in [4.69, 9.17) is 4.74 Å². The van der Waals surface area contributed by atoms with Crippen LogP contribution >= 0.6 is 0 Å². The Morgan fingerprint density at radius 2 is 2.29 bits per heavy atom. The van der Waals surface area contributed by atoms with Crippen LogP contribution in [0.2, 0.25) is 0 Å². The average Bonchev–Trinajstić information content (AvgIpc) is 2.38. The van der Waals surface area contributed by atoms with Gasteiger partial charge in [-0.05, 0) is 20.3 Å². The van der Waals surface area contributed by atoms with Crippen LogP contribution in [0.5, 0.6) is 0 Å². The Bertz CT molecular complexity index is 369. The molecule has 0 saturated carbocycles. The third-order valence-electron chi connectivity index (χ3n) is 2.82. The molecular formula is C12H19N3O2. The van der Waals surface area contributed by atoms with E-state index >= 15 is 0 Å². The maximum Gasteiger partial charge on any atom is 0.332 e. The molecule has 0 aromatic carbocycles. The first-order valence-electron chi connectivity index (χ1n) is 5.67. The first kappa shape index (κ1) is 13.6. The topological polar surface area (TPSA) is 64.1 Å². The van der Waals surface area contributed by atoms with Crippen molar-refractivity contribution in [2.24, 2.45) is 0 Å². The molecule has 5 heteroatoms. The summed E-state index contributed by atoms with van der Waals surface area (Å²) in [5, 5.41) is 3.23. The predicted octanol–water partition coefficient (Wildman–Crippen LogP) is 1.25. The summed E-state index contributed by atoms with van der Waals surface area (Å²) in [6.45, 7) is 5.82. The van der Waals surface area contributed by atoms with Gasteiger partial charge in [-0.1, -0.05) is 6.92 Å². The highest BCUT2D eigenvalue weighted by Crippen LogP contribution is 2.20. The molecule has 0 amide bonds. The fourth-order valence-electron chi connectivity index (χ4n) is 1.59. The third kappa shape index (κ3) is 3.00. The van der Waals surface area contributed by atoms with E-state index in [1.807, 2.05) is 13.8 Å². The Kier molecular flexibility index (Phi) is 4.57. The van der Waals surface area contributed by atoms with Crippen LogP contribution in [0.4, 0.5) is 0 Å². The van der Waals surface area contributed by atoms with Gasteiger partial charge >= 0.3 is 5.97 Å². The number of nitrogens with zero attached hydrogens (tertiary/aromatic N) is 2. The maximum atomic E-state index is 11.9. The van der Waals surface area contributed by atoms with E-state index in [-0.39, 0.29) is 12.0 Å². The van der Waals surface area contributed by atoms with Crippen LogP contribution in [0, 0.1) is 0 Å². The molecule has 5 nitrogen and oxygen atoms in total. The van der Waals surface area contributed by atoms with E-state index in [0.29, 0.717) is 5.69 Å². The van der Waals surface area contributed by atoms with Crippen LogP contribution in [0.15, 0.2) is 18.6 Å². The van der Waals surface area contributed by atoms with Crippen molar-refractivity contribution in [2.45, 2.75) is 38.8 Å². The Hall–Kier alpha value is -1.49. The van der Waals surface area contributed by atoms with Crippen LogP contribution in [0.1, 0.15) is 32.9 Å². The number of methoxy groups -OCH3 is 1. The van der Waals surface area contributed by atoms with Gasteiger partial charge in [0.05, 0.1) is 19.0 Å². The normalized spacial score (nSPS) is 16.0. The number of esters is 1. The van der Waals surface area contributed by atoms with E-state index < -0.39 is 5.54 Å². The summed E-state index contributed by atoms with van der Waals surface area (Å²) in [5.41, 5.74) is -0.398. The molecular weight excluding hydrogens is 218 g/mol. The molecule has 1 aromatic heterocycles. The predicted molar refractivity (Wildman–Crippen MR) is 64.3 cm³/mol. The number of hydrogen-bond donors (Lipinski definition) is 1. The quantitative estimate of drug-likeness (QED) is 0.781. The lowest BCUT2D eigenvalue weighted by molar-refractivity contribution is -0.149. The second-order valence-electron chi connectivity index (χ2n) is 4.16. The monoisotopic (exact) mass is 237 g/mol. The molecule has 0 aliphatic heterocycles. The minimum Gasteiger partial charge on any atom is -0.467 e. The number of rotatable bonds is 5. The number of carbonyl (C=O) groups is 1. The summed E-state index contributed by atoms with van der Waals surface area (Å²) in [4.78, 5) is 20.1. The zero-order valence-corrected chi connectivity index (χ0v) is 10.7. The second kappa shape index (κ2) is 5.72. The highest BCUT2D eigenvalue weighted by atomic mass is 16.5. The fraction of sp³-hybridized carbons (Fsp3) is 0.583. The van der Waals surface area contributed by atoms with Gasteiger partial charge in [0.15, 0.2) is 5.54 Å². The van der Waals surface area contributed by atoms with Gasteiger partial charge in [-0.15, -0.1) is 0 Å².